The van der Waals surface area contributed by atoms with Gasteiger partial charge in [-0.3, -0.25) is 23.5 Å². The highest BCUT2D eigenvalue weighted by molar-refractivity contribution is 7.86. The zero-order valence-corrected chi connectivity index (χ0v) is 46.3. The van der Waals surface area contributed by atoms with E-state index in [1.165, 1.54) is 17.4 Å². The number of thiazole rings is 1. The van der Waals surface area contributed by atoms with Gasteiger partial charge in [0.05, 0.1) is 85.7 Å². The molecule has 3 saturated heterocycles. The van der Waals surface area contributed by atoms with Crippen molar-refractivity contribution in [3.05, 3.63) is 151 Å². The Morgan fingerprint density at radius 3 is 2.12 bits per heavy atom. The van der Waals surface area contributed by atoms with Gasteiger partial charge in [-0.15, -0.1) is 11.3 Å². The van der Waals surface area contributed by atoms with E-state index in [1.807, 2.05) is 77.7 Å². The van der Waals surface area contributed by atoms with Crippen LogP contribution in [0.5, 0.6) is 34.6 Å². The van der Waals surface area contributed by atoms with Crippen LogP contribution >= 0.6 is 22.9 Å². The molecule has 2 radical (unpaired) electrons. The highest BCUT2D eigenvalue weighted by Crippen LogP contribution is 2.42. The second kappa shape index (κ2) is 24.2. The molecule has 25 heteroatoms. The smallest absolute Gasteiger partial charge is 0.378 e. The van der Waals surface area contributed by atoms with Gasteiger partial charge in [0.15, 0.2) is 29.6 Å². The van der Waals surface area contributed by atoms with Crippen LogP contribution in [0.25, 0.3) is 0 Å². The van der Waals surface area contributed by atoms with Crippen LogP contribution < -0.4 is 33.7 Å². The summed E-state index contributed by atoms with van der Waals surface area (Å²) in [6, 6.07) is 25.5. The summed E-state index contributed by atoms with van der Waals surface area (Å²) in [5, 5.41) is 11.8. The predicted molar refractivity (Wildman–Crippen MR) is 292 cm³/mol. The van der Waals surface area contributed by atoms with E-state index in [2.05, 4.69) is 20.6 Å². The van der Waals surface area contributed by atoms with Crippen LogP contribution in [0, 0.1) is 6.92 Å². The van der Waals surface area contributed by atoms with Gasteiger partial charge < -0.3 is 57.1 Å². The molecule has 0 saturated carbocycles. The minimum atomic E-state index is -1.81. The van der Waals surface area contributed by atoms with Crippen molar-refractivity contribution in [1.82, 2.24) is 25.3 Å². The van der Waals surface area contributed by atoms with Crippen molar-refractivity contribution in [3.8, 4) is 34.6 Å². The second-order valence-electron chi connectivity index (χ2n) is 19.3. The Kier molecular flexibility index (Phi) is 16.8. The third-order valence-corrected chi connectivity index (χ3v) is 17.1. The number of ether oxygens (including phenoxy) is 6. The van der Waals surface area contributed by atoms with Crippen LogP contribution in [0.4, 0.5) is 0 Å². The molecular formula is C55H54BClN7O14S2+. The number of β-lactam (4-membered cyclic amide) rings is 1. The van der Waals surface area contributed by atoms with E-state index in [4.69, 9.17) is 62.1 Å². The molecule has 3 amide bonds. The van der Waals surface area contributed by atoms with Gasteiger partial charge in [-0.1, -0.05) is 53.2 Å². The number of carbonyl (C=O) groups excluding carboxylic acids is 4. The number of benzene rings is 4. The monoisotopic (exact) mass is 1150 g/mol. The average Bonchev–Trinajstić information content (AvgIpc) is 2.95. The Hall–Kier alpha value is -7.93. The number of quaternary nitrogens is 1. The van der Waals surface area contributed by atoms with Crippen LogP contribution in [0.1, 0.15) is 49.9 Å². The molecule has 4 aromatic carbocycles. The Bertz CT molecular complexity index is 3380. The van der Waals surface area contributed by atoms with Crippen molar-refractivity contribution < 1.29 is 70.3 Å². The summed E-state index contributed by atoms with van der Waals surface area (Å²) in [4.78, 5) is 69.1. The zero-order chi connectivity index (χ0) is 56.1. The number of nitrogens with zero attached hydrogens (tertiary/aromatic N) is 6. The number of rotatable bonds is 22. The van der Waals surface area contributed by atoms with Crippen molar-refractivity contribution in [2.45, 2.75) is 57.2 Å². The number of amides is 3. The summed E-state index contributed by atoms with van der Waals surface area (Å²) in [5.74, 6) is 0.177. The standard InChI is InChI=1S/C55H53BClN7O14S2/c1-32-58-43(30-79-32)47(61-76-29-41-23-45(60-78-41)74-27-34-7-13-39(71-3)14-8-34)51(65)59-48-53(67)63-49(55(68)77-56)36(31-80(69)54(48)63)24-64-21-19-37(25-64)62(20-22-64)52(66)42-17-18-44(73-26-33-5-11-38(70-2)12-6-33)50(46(42)57)75-28-35-9-15-40(72-4)16-10-35/h5-18,23,30,37,48,54H,19-22,24-29,31H2,1-4H3/p+1/b61-47-/t37-,48+,54+,64-,80?/m0/s1. The van der Waals surface area contributed by atoms with E-state index < -0.39 is 40.0 Å². The maximum Gasteiger partial charge on any atom is 0.378 e. The fourth-order valence-electron chi connectivity index (χ4n) is 10.1. The van der Waals surface area contributed by atoms with Gasteiger partial charge in [0.1, 0.15) is 66.4 Å². The number of hydrogen-bond donors (Lipinski definition) is 1. The van der Waals surface area contributed by atoms with Crippen LogP contribution in [-0.2, 0) is 61.1 Å². The third-order valence-electron chi connectivity index (χ3n) is 14.3. The number of aromatic nitrogens is 2. The molecule has 10 rings (SSSR count). The maximum absolute atomic E-state index is 14.6. The molecule has 2 bridgehead atoms. The molecule has 21 nitrogen and oxygen atoms in total. The largest absolute Gasteiger partial charge is 0.539 e. The Morgan fingerprint density at radius 1 is 0.875 bits per heavy atom. The fourth-order valence-corrected chi connectivity index (χ4v) is 12.7. The normalized spacial score (nSPS) is 20.3. The minimum Gasteiger partial charge on any atom is -0.539 e. The van der Waals surface area contributed by atoms with Gasteiger partial charge >= 0.3 is 14.0 Å². The number of oxime groups is 1. The molecule has 0 spiro atoms. The lowest BCUT2D eigenvalue weighted by molar-refractivity contribution is -0.916. The number of piperazine rings is 1. The summed E-state index contributed by atoms with van der Waals surface area (Å²) in [7, 11) is 8.44. The fraction of sp³-hybridized carbons (Fsp3) is 0.327. The van der Waals surface area contributed by atoms with Gasteiger partial charge in [0, 0.05) is 23.4 Å². The summed E-state index contributed by atoms with van der Waals surface area (Å²) < 4.78 is 58.9. The highest BCUT2D eigenvalue weighted by Gasteiger charge is 2.59. The van der Waals surface area contributed by atoms with Crippen molar-refractivity contribution >= 4 is 71.2 Å². The number of hydrogen-bond acceptors (Lipinski definition) is 18. The lowest BCUT2D eigenvalue weighted by Crippen LogP contribution is -2.74. The predicted octanol–water partition coefficient (Wildman–Crippen LogP) is 5.82. The van der Waals surface area contributed by atoms with Gasteiger partial charge in [-0.2, -0.15) is 0 Å². The minimum absolute atomic E-state index is 0.100. The van der Waals surface area contributed by atoms with E-state index >= 15 is 0 Å². The van der Waals surface area contributed by atoms with E-state index in [1.54, 1.807) is 45.8 Å². The average molecular weight is 1150 g/mol. The van der Waals surface area contributed by atoms with Crippen molar-refractivity contribution in [2.24, 2.45) is 5.16 Å². The summed E-state index contributed by atoms with van der Waals surface area (Å²) >= 11 is 8.39. The summed E-state index contributed by atoms with van der Waals surface area (Å²) in [5.41, 5.74) is 3.02. The molecule has 1 N–H and O–H groups in total. The molecule has 4 aliphatic heterocycles. The van der Waals surface area contributed by atoms with Gasteiger partial charge in [0.2, 0.25) is 0 Å². The van der Waals surface area contributed by atoms with Crippen molar-refractivity contribution in [3.63, 3.8) is 0 Å². The number of fused-ring (bicyclic) bond motifs is 3. The summed E-state index contributed by atoms with van der Waals surface area (Å²) in [6.07, 6.45) is 0.616. The first-order valence-corrected chi connectivity index (χ1v) is 27.9. The molecule has 80 heavy (non-hydrogen) atoms. The van der Waals surface area contributed by atoms with E-state index in [0.29, 0.717) is 70.7 Å². The Balaban J connectivity index is 0.804. The molecule has 4 aliphatic rings. The van der Waals surface area contributed by atoms with E-state index in [-0.39, 0.29) is 95.8 Å². The number of carbonyl (C=O) groups is 4. The van der Waals surface area contributed by atoms with Crippen LogP contribution in [0.3, 0.4) is 0 Å². The molecule has 6 heterocycles. The van der Waals surface area contributed by atoms with Gasteiger partial charge in [-0.05, 0) is 77.3 Å². The van der Waals surface area contributed by atoms with Crippen LogP contribution in [0.15, 0.2) is 117 Å². The molecule has 6 aromatic rings. The van der Waals surface area contributed by atoms with Crippen LogP contribution in [-0.4, -0.2) is 143 Å². The number of aryl methyl sites for hydroxylation is 1. The highest BCUT2D eigenvalue weighted by atomic mass is 35.5. The first kappa shape index (κ1) is 55.4. The SMILES string of the molecule is [B]OC(=O)C1=C(C[N@@+]23CC[C@@H](C2)N(C(=O)c2ccc(OCc4ccc(OC)cc4)c(OCc4ccc(OC)cc4)c2Cl)CC3)CS(=O)[C@@H]2[C@H](NC(=O)/C(=N\OCc3cc(OCc4ccc(OC)cc4)no3)c3csc(C)n3)C(=O)N12. The molecule has 1 unspecified atom stereocenters. The molecule has 0 aliphatic carbocycles. The van der Waals surface area contributed by atoms with Gasteiger partial charge in [-0.25, -0.2) is 9.78 Å². The molecule has 3 fully saturated rings. The van der Waals surface area contributed by atoms with E-state index in [0.717, 1.165) is 21.6 Å². The third kappa shape index (κ3) is 11.8. The van der Waals surface area contributed by atoms with Crippen molar-refractivity contribution in [1.29, 1.82) is 0 Å². The van der Waals surface area contributed by atoms with Gasteiger partial charge in [0.25, 0.3) is 23.6 Å². The molecule has 414 valence electrons. The molecular weight excluding hydrogens is 1090 g/mol. The zero-order valence-electron chi connectivity index (χ0n) is 43.9. The maximum atomic E-state index is 14.6. The topological polar surface area (TPSA) is 229 Å². The lowest BCUT2D eigenvalue weighted by Gasteiger charge is -2.50. The Labute approximate surface area is 472 Å². The first-order chi connectivity index (χ1) is 38.8. The number of methoxy groups -OCH3 is 3. The quantitative estimate of drug-likeness (QED) is 0.0278. The molecule has 2 aromatic heterocycles. The lowest BCUT2D eigenvalue weighted by atomic mass is 10.0. The molecule has 5 atom stereocenters. The number of halogens is 1. The first-order valence-electron chi connectivity index (χ1n) is 25.3. The van der Waals surface area contributed by atoms with Crippen molar-refractivity contribution in [2.75, 3.05) is 59.8 Å². The van der Waals surface area contributed by atoms with E-state index in [9.17, 15) is 23.4 Å². The second-order valence-corrected chi connectivity index (χ2v) is 22.2. The number of nitrogens with one attached hydrogen (secondary N) is 1. The van der Waals surface area contributed by atoms with Crippen LogP contribution in [0.2, 0.25) is 5.02 Å². The summed E-state index contributed by atoms with van der Waals surface area (Å²) in [6.45, 7) is 4.17. The Morgan fingerprint density at radius 2 is 1.51 bits per heavy atom.